The van der Waals surface area contributed by atoms with Crippen molar-refractivity contribution in [3.05, 3.63) is 30.5 Å². The summed E-state index contributed by atoms with van der Waals surface area (Å²) in [5.41, 5.74) is 6.66. The topological polar surface area (TPSA) is 55.0 Å². The predicted octanol–water partition coefficient (Wildman–Crippen LogP) is 2.05. The Kier molecular flexibility index (Phi) is 4.10. The normalized spacial score (nSPS) is 12.6. The lowest BCUT2D eigenvalue weighted by atomic mass is 10.2. The second kappa shape index (κ2) is 5.78. The van der Waals surface area contributed by atoms with E-state index in [2.05, 4.69) is 28.7 Å². The maximum Gasteiger partial charge on any atom is 0.225 e. The van der Waals surface area contributed by atoms with Gasteiger partial charge in [-0.15, -0.1) is 0 Å². The SMILES string of the molecule is CCN(CC(C)CN)c1ncc2ccccc2n1. The Morgan fingerprint density at radius 2 is 2.11 bits per heavy atom. The van der Waals surface area contributed by atoms with Crippen LogP contribution in [-0.4, -0.2) is 29.6 Å². The standard InChI is InChI=1S/C14H20N4/c1-3-18(10-11(2)8-15)14-16-9-12-6-4-5-7-13(12)17-14/h4-7,9,11H,3,8,10,15H2,1-2H3. The first kappa shape index (κ1) is 12.8. The van der Waals surface area contributed by atoms with Gasteiger partial charge in [-0.1, -0.05) is 25.1 Å². The molecule has 1 heterocycles. The molecule has 2 N–H and O–H groups in total. The van der Waals surface area contributed by atoms with E-state index < -0.39 is 0 Å². The fraction of sp³-hybridized carbons (Fsp3) is 0.429. The van der Waals surface area contributed by atoms with Gasteiger partial charge in [0, 0.05) is 24.7 Å². The molecular weight excluding hydrogens is 224 g/mol. The molecule has 2 aromatic rings. The highest BCUT2D eigenvalue weighted by Gasteiger charge is 2.11. The first-order valence-electron chi connectivity index (χ1n) is 6.41. The summed E-state index contributed by atoms with van der Waals surface area (Å²) in [4.78, 5) is 11.2. The zero-order valence-corrected chi connectivity index (χ0v) is 11.0. The van der Waals surface area contributed by atoms with Gasteiger partial charge in [0.1, 0.15) is 0 Å². The summed E-state index contributed by atoms with van der Waals surface area (Å²) in [5.74, 6) is 1.23. The summed E-state index contributed by atoms with van der Waals surface area (Å²) in [6, 6.07) is 8.04. The molecule has 1 unspecified atom stereocenters. The van der Waals surface area contributed by atoms with Crippen molar-refractivity contribution in [3.8, 4) is 0 Å². The quantitative estimate of drug-likeness (QED) is 0.874. The van der Waals surface area contributed by atoms with E-state index in [-0.39, 0.29) is 0 Å². The Bertz CT molecular complexity index is 512. The number of nitrogens with zero attached hydrogens (tertiary/aromatic N) is 3. The molecule has 0 spiro atoms. The highest BCUT2D eigenvalue weighted by Crippen LogP contribution is 2.15. The third-order valence-electron chi connectivity index (χ3n) is 3.08. The number of hydrogen-bond acceptors (Lipinski definition) is 4. The van der Waals surface area contributed by atoms with Gasteiger partial charge in [0.25, 0.3) is 0 Å². The third-order valence-corrected chi connectivity index (χ3v) is 3.08. The first-order chi connectivity index (χ1) is 8.74. The number of para-hydroxylation sites is 1. The monoisotopic (exact) mass is 244 g/mol. The molecule has 1 aromatic carbocycles. The fourth-order valence-electron chi connectivity index (χ4n) is 1.92. The van der Waals surface area contributed by atoms with Crippen LogP contribution in [0.5, 0.6) is 0 Å². The summed E-state index contributed by atoms with van der Waals surface area (Å²) >= 11 is 0. The van der Waals surface area contributed by atoms with Crippen LogP contribution >= 0.6 is 0 Å². The van der Waals surface area contributed by atoms with Crippen LogP contribution in [0.15, 0.2) is 30.5 Å². The van der Waals surface area contributed by atoms with Crippen LogP contribution in [0, 0.1) is 5.92 Å². The van der Waals surface area contributed by atoms with Crippen LogP contribution in [0.3, 0.4) is 0 Å². The average Bonchev–Trinajstić information content (AvgIpc) is 2.44. The number of aromatic nitrogens is 2. The van der Waals surface area contributed by atoms with Crippen LogP contribution < -0.4 is 10.6 Å². The largest absolute Gasteiger partial charge is 0.341 e. The second-order valence-electron chi connectivity index (χ2n) is 4.61. The van der Waals surface area contributed by atoms with Crippen molar-refractivity contribution >= 4 is 16.9 Å². The summed E-state index contributed by atoms with van der Waals surface area (Å²) in [7, 11) is 0. The average molecular weight is 244 g/mol. The third kappa shape index (κ3) is 2.76. The smallest absolute Gasteiger partial charge is 0.225 e. The van der Waals surface area contributed by atoms with Crippen LogP contribution in [0.25, 0.3) is 10.9 Å². The van der Waals surface area contributed by atoms with Gasteiger partial charge in [0.2, 0.25) is 5.95 Å². The highest BCUT2D eigenvalue weighted by molar-refractivity contribution is 5.78. The highest BCUT2D eigenvalue weighted by atomic mass is 15.2. The minimum atomic E-state index is 0.444. The van der Waals surface area contributed by atoms with Gasteiger partial charge in [-0.25, -0.2) is 9.97 Å². The minimum absolute atomic E-state index is 0.444. The van der Waals surface area contributed by atoms with Gasteiger partial charge in [-0.2, -0.15) is 0 Å². The van der Waals surface area contributed by atoms with Crippen molar-refractivity contribution < 1.29 is 0 Å². The maximum absolute atomic E-state index is 5.68. The minimum Gasteiger partial charge on any atom is -0.341 e. The summed E-state index contributed by atoms with van der Waals surface area (Å²) in [5, 5.41) is 1.07. The molecule has 0 radical (unpaired) electrons. The number of nitrogens with two attached hydrogens (primary N) is 1. The van der Waals surface area contributed by atoms with E-state index in [1.807, 2.05) is 30.5 Å². The Morgan fingerprint density at radius 3 is 2.83 bits per heavy atom. The Morgan fingerprint density at radius 1 is 1.33 bits per heavy atom. The Balaban J connectivity index is 2.27. The molecule has 18 heavy (non-hydrogen) atoms. The van der Waals surface area contributed by atoms with E-state index in [9.17, 15) is 0 Å². The Labute approximate surface area is 108 Å². The first-order valence-corrected chi connectivity index (χ1v) is 6.41. The zero-order chi connectivity index (χ0) is 13.0. The molecular formula is C14H20N4. The van der Waals surface area contributed by atoms with Crippen molar-refractivity contribution in [2.24, 2.45) is 11.7 Å². The lowest BCUT2D eigenvalue weighted by Crippen LogP contribution is -2.32. The summed E-state index contributed by atoms with van der Waals surface area (Å²) in [6.45, 7) is 6.73. The summed E-state index contributed by atoms with van der Waals surface area (Å²) < 4.78 is 0. The zero-order valence-electron chi connectivity index (χ0n) is 11.0. The van der Waals surface area contributed by atoms with E-state index in [0.717, 1.165) is 29.9 Å². The molecule has 0 aliphatic heterocycles. The summed E-state index contributed by atoms with van der Waals surface area (Å²) in [6.07, 6.45) is 1.88. The number of anilines is 1. The predicted molar refractivity (Wildman–Crippen MR) is 75.6 cm³/mol. The van der Waals surface area contributed by atoms with E-state index in [1.165, 1.54) is 0 Å². The number of benzene rings is 1. The molecule has 1 aromatic heterocycles. The van der Waals surface area contributed by atoms with Crippen LogP contribution in [0.1, 0.15) is 13.8 Å². The molecule has 0 bridgehead atoms. The van der Waals surface area contributed by atoms with Crippen LogP contribution in [0.2, 0.25) is 0 Å². The van der Waals surface area contributed by atoms with E-state index in [0.29, 0.717) is 12.5 Å². The molecule has 4 heteroatoms. The Hall–Kier alpha value is -1.68. The van der Waals surface area contributed by atoms with E-state index >= 15 is 0 Å². The molecule has 4 nitrogen and oxygen atoms in total. The molecule has 1 atom stereocenters. The van der Waals surface area contributed by atoms with Crippen molar-refractivity contribution in [3.63, 3.8) is 0 Å². The fourth-order valence-corrected chi connectivity index (χ4v) is 1.92. The van der Waals surface area contributed by atoms with Crippen molar-refractivity contribution in [1.82, 2.24) is 9.97 Å². The van der Waals surface area contributed by atoms with E-state index in [4.69, 9.17) is 5.73 Å². The van der Waals surface area contributed by atoms with E-state index in [1.54, 1.807) is 0 Å². The van der Waals surface area contributed by atoms with Crippen molar-refractivity contribution in [2.45, 2.75) is 13.8 Å². The van der Waals surface area contributed by atoms with Gasteiger partial charge < -0.3 is 10.6 Å². The molecule has 0 saturated carbocycles. The van der Waals surface area contributed by atoms with Gasteiger partial charge in [0.15, 0.2) is 0 Å². The van der Waals surface area contributed by atoms with Crippen molar-refractivity contribution in [1.29, 1.82) is 0 Å². The lowest BCUT2D eigenvalue weighted by molar-refractivity contribution is 0.570. The van der Waals surface area contributed by atoms with Gasteiger partial charge in [-0.3, -0.25) is 0 Å². The molecule has 0 aliphatic carbocycles. The lowest BCUT2D eigenvalue weighted by Gasteiger charge is -2.23. The van der Waals surface area contributed by atoms with Gasteiger partial charge in [-0.05, 0) is 25.5 Å². The molecule has 0 fully saturated rings. The van der Waals surface area contributed by atoms with Gasteiger partial charge in [0.05, 0.1) is 5.52 Å². The number of fused-ring (bicyclic) bond motifs is 1. The molecule has 96 valence electrons. The van der Waals surface area contributed by atoms with Crippen LogP contribution in [0.4, 0.5) is 5.95 Å². The molecule has 0 saturated heterocycles. The number of hydrogen-bond donors (Lipinski definition) is 1. The molecule has 2 rings (SSSR count). The van der Waals surface area contributed by atoms with Crippen LogP contribution in [-0.2, 0) is 0 Å². The number of rotatable bonds is 5. The van der Waals surface area contributed by atoms with Crippen molar-refractivity contribution in [2.75, 3.05) is 24.5 Å². The maximum atomic E-state index is 5.68. The molecule has 0 amide bonds. The van der Waals surface area contributed by atoms with Gasteiger partial charge >= 0.3 is 0 Å². The second-order valence-corrected chi connectivity index (χ2v) is 4.61. The molecule has 0 aliphatic rings.